The highest BCUT2D eigenvalue weighted by Crippen LogP contribution is 2.48. The monoisotopic (exact) mass is 848 g/mol. The number of rotatable bonds is 14. The molecule has 3 aromatic rings. The molecule has 2 aliphatic heterocycles. The molecule has 6 atom stereocenters. The van der Waals surface area contributed by atoms with Gasteiger partial charge in [0.05, 0.1) is 30.8 Å². The van der Waals surface area contributed by atoms with Crippen molar-refractivity contribution < 1.29 is 37.4 Å². The van der Waals surface area contributed by atoms with Crippen LogP contribution in [0.3, 0.4) is 0 Å². The molecule has 0 bridgehead atoms. The predicted octanol–water partition coefficient (Wildman–Crippen LogP) is 6.09. The third-order valence-corrected chi connectivity index (χ3v) is 13.8. The number of carbonyl (C=O) groups is 4. The molecule has 4 heterocycles. The highest BCUT2D eigenvalue weighted by Gasteiger charge is 2.64. The largest absolute Gasteiger partial charge is 0.497 e. The van der Waals surface area contributed by atoms with Gasteiger partial charge >= 0.3 is 0 Å². The number of piperidine rings is 1. The van der Waals surface area contributed by atoms with Crippen molar-refractivity contribution in [3.05, 3.63) is 48.0 Å². The van der Waals surface area contributed by atoms with Gasteiger partial charge in [-0.1, -0.05) is 40.7 Å². The van der Waals surface area contributed by atoms with Gasteiger partial charge in [-0.2, -0.15) is 0 Å². The van der Waals surface area contributed by atoms with Gasteiger partial charge in [-0.15, -0.1) is 17.9 Å². The Labute approximate surface area is 352 Å². The topological polar surface area (TPSA) is 172 Å². The summed E-state index contributed by atoms with van der Waals surface area (Å²) < 4.78 is 35.8. The summed E-state index contributed by atoms with van der Waals surface area (Å²) in [6, 6.07) is 5.87. The summed E-state index contributed by atoms with van der Waals surface area (Å²) in [6.07, 6.45) is 5.26. The minimum Gasteiger partial charge on any atom is -0.497 e. The van der Waals surface area contributed by atoms with E-state index < -0.39 is 58.0 Å². The van der Waals surface area contributed by atoms with Gasteiger partial charge in [-0.3, -0.25) is 23.7 Å². The van der Waals surface area contributed by atoms with Crippen molar-refractivity contribution >= 4 is 57.1 Å². The van der Waals surface area contributed by atoms with Crippen LogP contribution >= 0.6 is 11.3 Å². The van der Waals surface area contributed by atoms with Crippen LogP contribution in [0, 0.1) is 17.3 Å². The molecule has 2 saturated heterocycles. The predicted molar refractivity (Wildman–Crippen MR) is 226 cm³/mol. The van der Waals surface area contributed by atoms with Crippen LogP contribution in [0.15, 0.2) is 42.3 Å². The fourth-order valence-electron chi connectivity index (χ4n) is 8.33. The molecule has 2 aliphatic carbocycles. The van der Waals surface area contributed by atoms with E-state index in [1.807, 2.05) is 55.3 Å². The van der Waals surface area contributed by atoms with Crippen molar-refractivity contribution in [2.75, 3.05) is 26.7 Å². The summed E-state index contributed by atoms with van der Waals surface area (Å²) in [5.41, 5.74) is 0.0558. The Morgan fingerprint density at radius 1 is 1.14 bits per heavy atom. The summed E-state index contributed by atoms with van der Waals surface area (Å²) >= 11 is -1.09. The van der Waals surface area contributed by atoms with E-state index in [-0.39, 0.29) is 49.6 Å². The molecule has 0 spiro atoms. The fraction of sp³-hybridized carbons (Fsp3) is 0.581. The van der Waals surface area contributed by atoms with Gasteiger partial charge in [-0.05, 0) is 62.0 Å². The normalized spacial score (nSPS) is 24.1. The highest BCUT2D eigenvalue weighted by molar-refractivity contribution is 7.77. The lowest BCUT2D eigenvalue weighted by Gasteiger charge is -2.36. The lowest BCUT2D eigenvalue weighted by Crippen LogP contribution is -2.57. The lowest BCUT2D eigenvalue weighted by atomic mass is 9.77. The van der Waals surface area contributed by atoms with Crippen LogP contribution in [0.5, 0.6) is 11.5 Å². The van der Waals surface area contributed by atoms with Crippen LogP contribution in [0.2, 0.25) is 0 Å². The maximum absolute atomic E-state index is 15.0. The van der Waals surface area contributed by atoms with E-state index in [9.17, 15) is 27.9 Å². The molecule has 2 N–H and O–H groups in total. The molecule has 0 radical (unpaired) electrons. The molecule has 1 aromatic carbocycles. The van der Waals surface area contributed by atoms with Crippen LogP contribution in [-0.2, 0) is 30.4 Å². The van der Waals surface area contributed by atoms with Gasteiger partial charge < -0.3 is 24.6 Å². The van der Waals surface area contributed by atoms with Crippen LogP contribution in [0.4, 0.5) is 0 Å². The molecule has 4 fully saturated rings. The summed E-state index contributed by atoms with van der Waals surface area (Å²) in [6.45, 7) is 15.1. The number of hydrogen-bond acceptors (Lipinski definition) is 10. The molecule has 2 saturated carbocycles. The van der Waals surface area contributed by atoms with Crippen molar-refractivity contribution in [1.29, 1.82) is 0 Å². The summed E-state index contributed by atoms with van der Waals surface area (Å²) in [4.78, 5) is 70.4. The number of carbonyl (C=O) groups excluding carboxylic acids is 4. The van der Waals surface area contributed by atoms with E-state index in [2.05, 4.69) is 25.7 Å². The number of nitrogens with zero attached hydrogens (tertiary/aromatic N) is 5. The van der Waals surface area contributed by atoms with Crippen molar-refractivity contribution in [3.8, 4) is 22.2 Å². The third kappa shape index (κ3) is 8.90. The van der Waals surface area contributed by atoms with E-state index in [1.165, 1.54) is 16.2 Å². The van der Waals surface area contributed by atoms with Gasteiger partial charge in [0.15, 0.2) is 0 Å². The Hall–Kier alpha value is -4.41. The summed E-state index contributed by atoms with van der Waals surface area (Å²) in [5.74, 6) is -1.55. The second-order valence-corrected chi connectivity index (χ2v) is 19.5. The van der Waals surface area contributed by atoms with Gasteiger partial charge in [-0.25, -0.2) is 18.5 Å². The molecule has 16 heteroatoms. The zero-order valence-electron chi connectivity index (χ0n) is 34.8. The van der Waals surface area contributed by atoms with Gasteiger partial charge in [0.2, 0.25) is 17.7 Å². The molecule has 2 unspecified atom stereocenters. The second-order valence-electron chi connectivity index (χ2n) is 17.8. The SMILES string of the molecule is C=CC1C[C@]1(NC(=O)[C@@H]1C[C@@H](Oc2cc(-c3nc(C(C)C)cs3)nc3cc(OC)ccc23)CN1C(=O)[C@@H](CC(=O)N1CCCCC1)C(C)(C)C)C(=O)N(C1CC1)S(=O)O. The smallest absolute Gasteiger partial charge is 0.264 e. The van der Waals surface area contributed by atoms with Gasteiger partial charge in [0.25, 0.3) is 17.2 Å². The standard InChI is InChI=1S/C43H56N6O8S2/c1-8-26-22-43(26,41(53)49(59(54)55)27-12-13-27)46-38(51)35-19-29(23-48(35)40(52)31(42(4,5)6)20-37(50)47-16-10-9-11-17-47)57-36-21-33(39-45-34(24-58-39)25(2)3)44-32-18-28(56-7)14-15-30(32)36/h8,14-15,18,21,24-27,29,31,35H,1,9-13,16-17,19-20,22-23H2,2-7H3,(H,46,51)(H,54,55)/t26?,29-,31-,35+,43-/m1/s1. The van der Waals surface area contributed by atoms with Crippen molar-refractivity contribution in [2.24, 2.45) is 17.3 Å². The number of hydrogen-bond donors (Lipinski definition) is 2. The average Bonchev–Trinajstić information content (AvgIpc) is 4.06. The number of pyridine rings is 1. The maximum Gasteiger partial charge on any atom is 0.264 e. The number of nitrogens with one attached hydrogen (secondary N) is 1. The first-order chi connectivity index (χ1) is 28.0. The van der Waals surface area contributed by atoms with Gasteiger partial charge in [0.1, 0.15) is 39.9 Å². The van der Waals surface area contributed by atoms with Crippen molar-refractivity contribution in [3.63, 3.8) is 0 Å². The molecule has 4 aliphatic rings. The van der Waals surface area contributed by atoms with Crippen LogP contribution in [-0.4, -0.2) is 107 Å². The molecule has 7 rings (SSSR count). The Morgan fingerprint density at radius 3 is 2.46 bits per heavy atom. The number of methoxy groups -OCH3 is 1. The minimum atomic E-state index is -2.58. The van der Waals surface area contributed by atoms with E-state index >= 15 is 0 Å². The Kier molecular flexibility index (Phi) is 12.2. The van der Waals surface area contributed by atoms with E-state index in [4.69, 9.17) is 19.4 Å². The summed E-state index contributed by atoms with van der Waals surface area (Å²) in [7, 11) is 1.59. The number of likely N-dealkylation sites (tertiary alicyclic amines) is 2. The number of aromatic nitrogens is 2. The number of ether oxygens (including phenoxy) is 2. The first-order valence-electron chi connectivity index (χ1n) is 20.6. The molecule has 59 heavy (non-hydrogen) atoms. The first kappa shape index (κ1) is 42.7. The Balaban J connectivity index is 1.23. The number of benzene rings is 1. The second kappa shape index (κ2) is 16.9. The Morgan fingerprint density at radius 2 is 1.86 bits per heavy atom. The van der Waals surface area contributed by atoms with E-state index in [0.29, 0.717) is 54.0 Å². The van der Waals surface area contributed by atoms with Crippen molar-refractivity contribution in [1.82, 2.24) is 29.4 Å². The van der Waals surface area contributed by atoms with Crippen molar-refractivity contribution in [2.45, 2.75) is 116 Å². The van der Waals surface area contributed by atoms with Crippen LogP contribution in [0.1, 0.15) is 97.6 Å². The minimum absolute atomic E-state index is 0.00924. The molecular weight excluding hydrogens is 793 g/mol. The molecule has 14 nitrogen and oxygen atoms in total. The third-order valence-electron chi connectivity index (χ3n) is 12.2. The summed E-state index contributed by atoms with van der Waals surface area (Å²) in [5, 5.41) is 6.38. The zero-order chi connectivity index (χ0) is 42.4. The van der Waals surface area contributed by atoms with Crippen LogP contribution in [0.25, 0.3) is 21.6 Å². The average molecular weight is 849 g/mol. The number of thiazole rings is 1. The lowest BCUT2D eigenvalue weighted by molar-refractivity contribution is -0.149. The molecule has 4 amide bonds. The van der Waals surface area contributed by atoms with E-state index in [0.717, 1.165) is 34.3 Å². The number of fused-ring (bicyclic) bond motifs is 1. The zero-order valence-corrected chi connectivity index (χ0v) is 36.4. The van der Waals surface area contributed by atoms with Crippen LogP contribution < -0.4 is 14.8 Å². The fourth-order valence-corrected chi connectivity index (χ4v) is 10.0. The van der Waals surface area contributed by atoms with E-state index in [1.54, 1.807) is 13.2 Å². The first-order valence-corrected chi connectivity index (χ1v) is 22.6. The molecule has 318 valence electrons. The molecule has 2 aromatic heterocycles. The van der Waals surface area contributed by atoms with Gasteiger partial charge in [0, 0.05) is 60.8 Å². The number of amides is 4. The highest BCUT2D eigenvalue weighted by atomic mass is 32.2. The maximum atomic E-state index is 15.0. The quantitative estimate of drug-likeness (QED) is 0.143. The molecular formula is C43H56N6O8S2. The Bertz CT molecular complexity index is 2140.